The number of rotatable bonds is 6. The molecule has 0 radical (unpaired) electrons. The SMILES string of the molecule is CCC1(NCc2ccccc2CCN)CCC1. The van der Waals surface area contributed by atoms with Crippen LogP contribution in [0.1, 0.15) is 43.7 Å². The fourth-order valence-electron chi connectivity index (χ4n) is 2.67. The third-order valence-electron chi connectivity index (χ3n) is 4.17. The molecule has 0 bridgehead atoms. The summed E-state index contributed by atoms with van der Waals surface area (Å²) in [6.07, 6.45) is 6.28. The predicted octanol–water partition coefficient (Wildman–Crippen LogP) is 2.61. The molecule has 1 aliphatic rings. The second-order valence-corrected chi connectivity index (χ2v) is 5.15. The minimum atomic E-state index is 0.426. The van der Waals surface area contributed by atoms with Crippen molar-refractivity contribution < 1.29 is 0 Å². The van der Waals surface area contributed by atoms with Crippen molar-refractivity contribution in [3.63, 3.8) is 0 Å². The van der Waals surface area contributed by atoms with Crippen molar-refractivity contribution in [2.45, 2.75) is 51.1 Å². The molecule has 1 aromatic rings. The van der Waals surface area contributed by atoms with Gasteiger partial charge in [0.15, 0.2) is 0 Å². The molecule has 0 spiro atoms. The van der Waals surface area contributed by atoms with Crippen molar-refractivity contribution >= 4 is 0 Å². The summed E-state index contributed by atoms with van der Waals surface area (Å²) < 4.78 is 0. The van der Waals surface area contributed by atoms with Gasteiger partial charge in [0.05, 0.1) is 0 Å². The average molecular weight is 232 g/mol. The maximum atomic E-state index is 5.65. The van der Waals surface area contributed by atoms with Crippen LogP contribution in [0, 0.1) is 0 Å². The number of hydrogen-bond acceptors (Lipinski definition) is 2. The summed E-state index contributed by atoms with van der Waals surface area (Å²) in [5.74, 6) is 0. The Balaban J connectivity index is 1.98. The van der Waals surface area contributed by atoms with Crippen LogP contribution in [0.3, 0.4) is 0 Å². The van der Waals surface area contributed by atoms with Crippen LogP contribution in [0.2, 0.25) is 0 Å². The predicted molar refractivity (Wildman–Crippen MR) is 72.9 cm³/mol. The molecule has 0 amide bonds. The second-order valence-electron chi connectivity index (χ2n) is 5.15. The van der Waals surface area contributed by atoms with Gasteiger partial charge >= 0.3 is 0 Å². The van der Waals surface area contributed by atoms with Crippen molar-refractivity contribution in [3.8, 4) is 0 Å². The minimum Gasteiger partial charge on any atom is -0.330 e. The number of hydrogen-bond donors (Lipinski definition) is 2. The lowest BCUT2D eigenvalue weighted by molar-refractivity contribution is 0.175. The molecule has 3 N–H and O–H groups in total. The van der Waals surface area contributed by atoms with Crippen LogP contribution in [0.4, 0.5) is 0 Å². The standard InChI is InChI=1S/C15H24N2/c1-2-15(9-5-10-15)17-12-14-7-4-3-6-13(14)8-11-16/h3-4,6-7,17H,2,5,8-12,16H2,1H3. The first kappa shape index (κ1) is 12.6. The van der Waals surface area contributed by atoms with Gasteiger partial charge in [-0.05, 0) is 49.8 Å². The van der Waals surface area contributed by atoms with Crippen LogP contribution in [0.25, 0.3) is 0 Å². The van der Waals surface area contributed by atoms with E-state index in [9.17, 15) is 0 Å². The summed E-state index contributed by atoms with van der Waals surface area (Å²) >= 11 is 0. The van der Waals surface area contributed by atoms with Crippen molar-refractivity contribution in [1.29, 1.82) is 0 Å². The summed E-state index contributed by atoms with van der Waals surface area (Å²) in [7, 11) is 0. The average Bonchev–Trinajstić information content (AvgIpc) is 2.31. The van der Waals surface area contributed by atoms with Crippen LogP contribution in [-0.2, 0) is 13.0 Å². The summed E-state index contributed by atoms with van der Waals surface area (Å²) in [6, 6.07) is 8.65. The first-order valence-electron chi connectivity index (χ1n) is 6.81. The number of benzene rings is 1. The van der Waals surface area contributed by atoms with Gasteiger partial charge in [0.1, 0.15) is 0 Å². The summed E-state index contributed by atoms with van der Waals surface area (Å²) in [6.45, 7) is 4.01. The molecule has 2 nitrogen and oxygen atoms in total. The van der Waals surface area contributed by atoms with Gasteiger partial charge in [0, 0.05) is 12.1 Å². The van der Waals surface area contributed by atoms with Crippen molar-refractivity contribution in [3.05, 3.63) is 35.4 Å². The fourth-order valence-corrected chi connectivity index (χ4v) is 2.67. The van der Waals surface area contributed by atoms with Crippen molar-refractivity contribution in [1.82, 2.24) is 5.32 Å². The van der Waals surface area contributed by atoms with Crippen LogP contribution >= 0.6 is 0 Å². The van der Waals surface area contributed by atoms with E-state index < -0.39 is 0 Å². The Morgan fingerprint density at radius 1 is 1.24 bits per heavy atom. The maximum absolute atomic E-state index is 5.65. The molecule has 17 heavy (non-hydrogen) atoms. The third kappa shape index (κ3) is 2.88. The maximum Gasteiger partial charge on any atom is 0.0213 e. The molecule has 94 valence electrons. The van der Waals surface area contributed by atoms with Gasteiger partial charge < -0.3 is 11.1 Å². The van der Waals surface area contributed by atoms with Gasteiger partial charge in [-0.15, -0.1) is 0 Å². The Labute approximate surface area is 105 Å². The smallest absolute Gasteiger partial charge is 0.0213 e. The van der Waals surface area contributed by atoms with Crippen molar-refractivity contribution in [2.75, 3.05) is 6.54 Å². The van der Waals surface area contributed by atoms with Gasteiger partial charge in [-0.2, -0.15) is 0 Å². The summed E-state index contributed by atoms with van der Waals surface area (Å²) in [5.41, 5.74) is 8.89. The normalized spacial score (nSPS) is 17.8. The largest absolute Gasteiger partial charge is 0.330 e. The lowest BCUT2D eigenvalue weighted by atomic mass is 9.74. The molecule has 0 heterocycles. The fraction of sp³-hybridized carbons (Fsp3) is 0.600. The number of nitrogens with two attached hydrogens (primary N) is 1. The molecule has 0 saturated heterocycles. The van der Waals surface area contributed by atoms with Crippen LogP contribution < -0.4 is 11.1 Å². The molecule has 0 aromatic heterocycles. The van der Waals surface area contributed by atoms with E-state index in [1.807, 2.05) is 0 Å². The van der Waals surface area contributed by atoms with Gasteiger partial charge in [-0.3, -0.25) is 0 Å². The van der Waals surface area contributed by atoms with E-state index in [0.717, 1.165) is 19.5 Å². The lowest BCUT2D eigenvalue weighted by Crippen LogP contribution is -2.49. The Kier molecular flexibility index (Phi) is 4.19. The van der Waals surface area contributed by atoms with Gasteiger partial charge in [-0.1, -0.05) is 31.2 Å². The first-order chi connectivity index (χ1) is 8.29. The monoisotopic (exact) mass is 232 g/mol. The molecular weight excluding hydrogens is 208 g/mol. The molecule has 1 aliphatic carbocycles. The highest BCUT2D eigenvalue weighted by molar-refractivity contribution is 5.27. The highest BCUT2D eigenvalue weighted by Crippen LogP contribution is 2.34. The van der Waals surface area contributed by atoms with E-state index in [1.54, 1.807) is 0 Å². The molecule has 0 aliphatic heterocycles. The topological polar surface area (TPSA) is 38.0 Å². The zero-order valence-corrected chi connectivity index (χ0v) is 10.8. The Morgan fingerprint density at radius 2 is 1.94 bits per heavy atom. The first-order valence-corrected chi connectivity index (χ1v) is 6.81. The Hall–Kier alpha value is -0.860. The molecule has 0 unspecified atom stereocenters. The molecule has 1 saturated carbocycles. The zero-order chi connectivity index (χ0) is 12.1. The van der Waals surface area contributed by atoms with Gasteiger partial charge in [0.2, 0.25) is 0 Å². The molecule has 1 aromatic carbocycles. The highest BCUT2D eigenvalue weighted by atomic mass is 15.0. The molecule has 2 heteroatoms. The van der Waals surface area contributed by atoms with Crippen molar-refractivity contribution in [2.24, 2.45) is 5.73 Å². The second kappa shape index (κ2) is 5.65. The lowest BCUT2D eigenvalue weighted by Gasteiger charge is -2.42. The van der Waals surface area contributed by atoms with E-state index in [0.29, 0.717) is 5.54 Å². The van der Waals surface area contributed by atoms with Gasteiger partial charge in [0.25, 0.3) is 0 Å². The van der Waals surface area contributed by atoms with E-state index in [2.05, 4.69) is 36.5 Å². The van der Waals surface area contributed by atoms with Crippen LogP contribution in [0.5, 0.6) is 0 Å². The molecule has 0 atom stereocenters. The summed E-state index contributed by atoms with van der Waals surface area (Å²) in [4.78, 5) is 0. The highest BCUT2D eigenvalue weighted by Gasteiger charge is 2.34. The van der Waals surface area contributed by atoms with E-state index in [-0.39, 0.29) is 0 Å². The van der Waals surface area contributed by atoms with E-state index in [1.165, 1.54) is 36.8 Å². The van der Waals surface area contributed by atoms with E-state index >= 15 is 0 Å². The Morgan fingerprint density at radius 3 is 2.47 bits per heavy atom. The molecule has 1 fully saturated rings. The van der Waals surface area contributed by atoms with Gasteiger partial charge in [-0.25, -0.2) is 0 Å². The van der Waals surface area contributed by atoms with E-state index in [4.69, 9.17) is 5.73 Å². The molecular formula is C15H24N2. The molecule has 2 rings (SSSR count). The quantitative estimate of drug-likeness (QED) is 0.791. The zero-order valence-electron chi connectivity index (χ0n) is 10.8. The summed E-state index contributed by atoms with van der Waals surface area (Å²) in [5, 5.41) is 3.76. The Bertz CT molecular complexity index is 350. The van der Waals surface area contributed by atoms with Crippen LogP contribution in [0.15, 0.2) is 24.3 Å². The number of nitrogens with one attached hydrogen (secondary N) is 1. The third-order valence-corrected chi connectivity index (χ3v) is 4.17. The van der Waals surface area contributed by atoms with Crippen LogP contribution in [-0.4, -0.2) is 12.1 Å². The minimum absolute atomic E-state index is 0.426.